The number of phenols is 1. The number of nitro groups is 1. The number of benzene rings is 4. The number of carbonyl (C=O) groups is 4. The Hall–Kier alpha value is -5.88. The molecule has 51 heavy (non-hydrogen) atoms. The third-order valence-electron chi connectivity index (χ3n) is 10.8. The normalized spacial score (nSPS) is 26.8. The molecule has 2 aliphatic carbocycles. The lowest BCUT2D eigenvalue weighted by molar-refractivity contribution is -0.384. The first kappa shape index (κ1) is 32.3. The zero-order valence-corrected chi connectivity index (χ0v) is 27.4. The fourth-order valence-electron chi connectivity index (χ4n) is 8.67. The molecular formula is C38H28ClFN4O7. The molecule has 4 aromatic carbocycles. The van der Waals surface area contributed by atoms with Crippen molar-refractivity contribution in [3.05, 3.63) is 141 Å². The third-order valence-corrected chi connectivity index (χ3v) is 11.1. The maximum Gasteiger partial charge on any atom is 0.269 e. The van der Waals surface area contributed by atoms with Crippen molar-refractivity contribution in [1.29, 1.82) is 0 Å². The first-order valence-electron chi connectivity index (χ1n) is 16.3. The van der Waals surface area contributed by atoms with Crippen LogP contribution in [0.4, 0.5) is 21.5 Å². The van der Waals surface area contributed by atoms with E-state index in [4.69, 9.17) is 11.6 Å². The van der Waals surface area contributed by atoms with Crippen molar-refractivity contribution in [3.63, 3.8) is 0 Å². The van der Waals surface area contributed by atoms with E-state index in [9.17, 15) is 34.0 Å². The molecule has 2 heterocycles. The van der Waals surface area contributed by atoms with Crippen molar-refractivity contribution in [2.45, 2.75) is 24.2 Å². The van der Waals surface area contributed by atoms with Crippen LogP contribution in [0.3, 0.4) is 0 Å². The summed E-state index contributed by atoms with van der Waals surface area (Å²) >= 11 is 6.31. The zero-order valence-electron chi connectivity index (χ0n) is 26.6. The number of hydrazine groups is 1. The number of carbonyl (C=O) groups excluding carboxylic acids is 4. The van der Waals surface area contributed by atoms with Gasteiger partial charge in [0.15, 0.2) is 0 Å². The second-order valence-electron chi connectivity index (χ2n) is 13.3. The lowest BCUT2D eigenvalue weighted by atomic mass is 9.49. The predicted octanol–water partition coefficient (Wildman–Crippen LogP) is 6.28. The van der Waals surface area contributed by atoms with E-state index >= 15 is 4.79 Å². The highest BCUT2D eigenvalue weighted by molar-refractivity contribution is 6.30. The quantitative estimate of drug-likeness (QED) is 0.103. The minimum atomic E-state index is -1.55. The summed E-state index contributed by atoms with van der Waals surface area (Å²) in [5.74, 6) is -6.70. The van der Waals surface area contributed by atoms with E-state index in [0.29, 0.717) is 27.4 Å². The van der Waals surface area contributed by atoms with E-state index in [1.54, 1.807) is 36.4 Å². The molecule has 13 heteroatoms. The van der Waals surface area contributed by atoms with Gasteiger partial charge in [-0.3, -0.25) is 39.6 Å². The molecule has 2 aliphatic heterocycles. The van der Waals surface area contributed by atoms with Gasteiger partial charge in [-0.25, -0.2) is 4.39 Å². The zero-order chi connectivity index (χ0) is 35.8. The predicted molar refractivity (Wildman–Crippen MR) is 183 cm³/mol. The molecule has 2 saturated heterocycles. The molecule has 256 valence electrons. The van der Waals surface area contributed by atoms with Crippen LogP contribution in [-0.2, 0) is 24.6 Å². The van der Waals surface area contributed by atoms with Crippen molar-refractivity contribution in [2.75, 3.05) is 10.3 Å². The number of nitro benzene ring substituents is 1. The highest BCUT2D eigenvalue weighted by atomic mass is 35.5. The molecule has 0 bridgehead atoms. The molecule has 0 unspecified atom stereocenters. The molecule has 4 amide bonds. The largest absolute Gasteiger partial charge is 0.508 e. The summed E-state index contributed by atoms with van der Waals surface area (Å²) in [6.45, 7) is 0. The number of rotatable bonds is 6. The number of hydrogen-bond acceptors (Lipinski definition) is 8. The Bertz CT molecular complexity index is 2160. The van der Waals surface area contributed by atoms with Crippen LogP contribution in [0.25, 0.3) is 0 Å². The number of allylic oxidation sites excluding steroid dienone is 2. The number of imide groups is 2. The summed E-state index contributed by atoms with van der Waals surface area (Å²) in [4.78, 5) is 69.8. The first-order chi connectivity index (χ1) is 24.5. The van der Waals surface area contributed by atoms with Gasteiger partial charge in [-0.2, -0.15) is 5.01 Å². The Balaban J connectivity index is 1.29. The number of nitrogens with one attached hydrogen (secondary N) is 1. The molecule has 4 aliphatic rings. The van der Waals surface area contributed by atoms with Gasteiger partial charge < -0.3 is 5.11 Å². The van der Waals surface area contributed by atoms with Crippen LogP contribution in [0.5, 0.6) is 5.75 Å². The Morgan fingerprint density at radius 2 is 1.51 bits per heavy atom. The monoisotopic (exact) mass is 706 g/mol. The van der Waals surface area contributed by atoms with Gasteiger partial charge in [-0.05, 0) is 90.6 Å². The summed E-state index contributed by atoms with van der Waals surface area (Å²) in [5, 5.41) is 22.9. The molecule has 8 rings (SSSR count). The number of phenolic OH excluding ortho intramolecular Hbond substituents is 1. The number of anilines is 2. The standard InChI is InChI=1S/C38H28ClFN4O7/c39-22-5-3-21(4-6-22)38-31(35(47)43(37(38)49)41-24-9-7-23(40)8-10-24)19-30-28(33(38)20-1-15-27(45)16-2-20)17-18-29-32(30)36(48)42(34(29)46)25-11-13-26(14-12-25)44(50)51/h1-17,29-33,41,45H,18-19H2/t29-,30+,31-,32-,33-,38+/m0/s1. The van der Waals surface area contributed by atoms with Crippen LogP contribution >= 0.6 is 11.6 Å². The fourth-order valence-corrected chi connectivity index (χ4v) is 8.80. The number of aromatic hydroxyl groups is 1. The lowest BCUT2D eigenvalue weighted by Crippen LogP contribution is -2.53. The molecule has 3 fully saturated rings. The molecule has 0 spiro atoms. The van der Waals surface area contributed by atoms with Crippen LogP contribution in [0, 0.1) is 39.6 Å². The molecule has 2 N–H and O–H groups in total. The Kier molecular flexibility index (Phi) is 7.53. The van der Waals surface area contributed by atoms with Crippen LogP contribution in [-0.4, -0.2) is 38.7 Å². The summed E-state index contributed by atoms with van der Waals surface area (Å²) < 4.78 is 13.8. The highest BCUT2D eigenvalue weighted by Crippen LogP contribution is 2.64. The Labute approximate surface area is 295 Å². The fraction of sp³-hybridized carbons (Fsp3) is 0.211. The van der Waals surface area contributed by atoms with Gasteiger partial charge in [0.05, 0.1) is 39.5 Å². The summed E-state index contributed by atoms with van der Waals surface area (Å²) in [6, 6.07) is 23.5. The van der Waals surface area contributed by atoms with Crippen LogP contribution in [0.2, 0.25) is 5.02 Å². The van der Waals surface area contributed by atoms with E-state index in [1.807, 2.05) is 6.08 Å². The summed E-state index contributed by atoms with van der Waals surface area (Å²) in [5.41, 5.74) is 3.50. The van der Waals surface area contributed by atoms with Gasteiger partial charge in [0.1, 0.15) is 11.6 Å². The number of halogens is 2. The van der Waals surface area contributed by atoms with Crippen molar-refractivity contribution in [2.24, 2.45) is 23.7 Å². The molecule has 1 saturated carbocycles. The number of fused-ring (bicyclic) bond motifs is 4. The number of amides is 4. The first-order valence-corrected chi connectivity index (χ1v) is 16.7. The lowest BCUT2D eigenvalue weighted by Gasteiger charge is -2.50. The number of nitrogens with zero attached hydrogens (tertiary/aromatic N) is 3. The smallest absolute Gasteiger partial charge is 0.269 e. The van der Waals surface area contributed by atoms with Crippen molar-refractivity contribution in [3.8, 4) is 5.75 Å². The molecule has 0 aromatic heterocycles. The molecule has 4 aromatic rings. The maximum atomic E-state index is 15.1. The summed E-state index contributed by atoms with van der Waals surface area (Å²) in [6.07, 6.45) is 2.12. The van der Waals surface area contributed by atoms with Gasteiger partial charge in [0.25, 0.3) is 17.5 Å². The van der Waals surface area contributed by atoms with Gasteiger partial charge in [-0.15, -0.1) is 0 Å². The molecular weight excluding hydrogens is 679 g/mol. The topological polar surface area (TPSA) is 150 Å². The maximum absolute atomic E-state index is 15.1. The molecule has 6 atom stereocenters. The van der Waals surface area contributed by atoms with E-state index in [1.165, 1.54) is 60.7 Å². The van der Waals surface area contributed by atoms with Crippen LogP contribution in [0.1, 0.15) is 29.9 Å². The van der Waals surface area contributed by atoms with E-state index in [2.05, 4.69) is 5.43 Å². The molecule has 0 radical (unpaired) electrons. The molecule has 11 nitrogen and oxygen atoms in total. The average Bonchev–Trinajstić information content (AvgIpc) is 3.50. The highest BCUT2D eigenvalue weighted by Gasteiger charge is 2.70. The van der Waals surface area contributed by atoms with E-state index in [-0.39, 0.29) is 30.0 Å². The van der Waals surface area contributed by atoms with Gasteiger partial charge in [0, 0.05) is 23.1 Å². The van der Waals surface area contributed by atoms with Gasteiger partial charge in [-0.1, -0.05) is 47.5 Å². The summed E-state index contributed by atoms with van der Waals surface area (Å²) in [7, 11) is 0. The number of hydrogen-bond donors (Lipinski definition) is 2. The SMILES string of the molecule is O=C1[C@@H]2C[C@@H]3C(=CC[C@@H]4C(=O)N(c5ccc([N+](=O)[O-])cc5)C(=O)[C@@H]43)[C@H](c3ccc(O)cc3)[C@]2(c2ccc(Cl)cc2)C(=O)N1Nc1ccc(F)cc1. The van der Waals surface area contributed by atoms with E-state index in [0.717, 1.165) is 9.91 Å². The van der Waals surface area contributed by atoms with Crippen LogP contribution in [0.15, 0.2) is 109 Å². The van der Waals surface area contributed by atoms with Gasteiger partial charge in [0.2, 0.25) is 11.8 Å². The third kappa shape index (κ3) is 4.84. The second-order valence-corrected chi connectivity index (χ2v) is 13.7. The minimum Gasteiger partial charge on any atom is -0.508 e. The van der Waals surface area contributed by atoms with Crippen LogP contribution < -0.4 is 10.3 Å². The second kappa shape index (κ2) is 11.9. The minimum absolute atomic E-state index is 0.00961. The van der Waals surface area contributed by atoms with Crippen molar-refractivity contribution < 1.29 is 33.6 Å². The van der Waals surface area contributed by atoms with E-state index < -0.39 is 69.4 Å². The Morgan fingerprint density at radius 3 is 2.16 bits per heavy atom. The van der Waals surface area contributed by atoms with Crippen molar-refractivity contribution in [1.82, 2.24) is 5.01 Å². The van der Waals surface area contributed by atoms with Crippen molar-refractivity contribution >= 4 is 52.3 Å². The number of non-ortho nitro benzene ring substituents is 1. The Morgan fingerprint density at radius 1 is 0.843 bits per heavy atom. The average molecular weight is 707 g/mol. The van der Waals surface area contributed by atoms with Gasteiger partial charge >= 0.3 is 0 Å².